The summed E-state index contributed by atoms with van der Waals surface area (Å²) in [5.74, 6) is 0.465. The number of rotatable bonds is 6. The predicted molar refractivity (Wildman–Crippen MR) is 121 cm³/mol. The van der Waals surface area contributed by atoms with Crippen molar-refractivity contribution >= 4 is 16.9 Å². The second-order valence-corrected chi connectivity index (χ2v) is 8.18. The van der Waals surface area contributed by atoms with Gasteiger partial charge in [-0.1, -0.05) is 18.2 Å². The molecule has 1 saturated heterocycles. The van der Waals surface area contributed by atoms with Gasteiger partial charge >= 0.3 is 0 Å². The largest absolute Gasteiger partial charge is 0.497 e. The first-order chi connectivity index (χ1) is 15.0. The number of nitrogens with zero attached hydrogens (tertiary/aromatic N) is 1. The lowest BCUT2D eigenvalue weighted by molar-refractivity contribution is 0.0910. The normalized spacial score (nSPS) is 15.2. The van der Waals surface area contributed by atoms with Gasteiger partial charge < -0.3 is 14.5 Å². The Labute approximate surface area is 181 Å². The van der Waals surface area contributed by atoms with E-state index in [0.717, 1.165) is 48.4 Å². The Morgan fingerprint density at radius 3 is 2.52 bits per heavy atom. The molecule has 0 unspecified atom stereocenters. The molecule has 0 radical (unpaired) electrons. The molecule has 1 N–H and O–H groups in total. The smallest absolute Gasteiger partial charge is 0.287 e. The van der Waals surface area contributed by atoms with Gasteiger partial charge in [-0.15, -0.1) is 0 Å². The molecule has 0 bridgehead atoms. The third kappa shape index (κ3) is 4.49. The van der Waals surface area contributed by atoms with Crippen molar-refractivity contribution in [3.63, 3.8) is 0 Å². The van der Waals surface area contributed by atoms with Gasteiger partial charge in [0, 0.05) is 12.6 Å². The molecule has 6 nitrogen and oxygen atoms in total. The van der Waals surface area contributed by atoms with Gasteiger partial charge in [-0.3, -0.25) is 14.5 Å². The van der Waals surface area contributed by atoms with Crippen LogP contribution in [0.5, 0.6) is 5.75 Å². The molecule has 1 aromatic heterocycles. The molecule has 1 aliphatic rings. The molecule has 0 saturated carbocycles. The molecule has 1 fully saturated rings. The van der Waals surface area contributed by atoms with Crippen LogP contribution in [0.2, 0.25) is 0 Å². The number of benzene rings is 2. The van der Waals surface area contributed by atoms with E-state index in [2.05, 4.69) is 10.2 Å². The van der Waals surface area contributed by atoms with Gasteiger partial charge in [0.1, 0.15) is 11.3 Å². The molecule has 4 rings (SSSR count). The molecular formula is C25H28N2O4. The quantitative estimate of drug-likeness (QED) is 0.653. The Kier molecular flexibility index (Phi) is 6.09. The zero-order valence-electron chi connectivity index (χ0n) is 18.2. The van der Waals surface area contributed by atoms with Crippen LogP contribution in [-0.4, -0.2) is 37.6 Å². The van der Waals surface area contributed by atoms with Crippen molar-refractivity contribution in [2.24, 2.45) is 0 Å². The molecule has 162 valence electrons. The third-order valence-corrected chi connectivity index (χ3v) is 5.92. The summed E-state index contributed by atoms with van der Waals surface area (Å²) in [6.45, 7) is 6.24. The lowest BCUT2D eigenvalue weighted by Gasteiger charge is -2.28. The highest BCUT2D eigenvalue weighted by molar-refractivity contribution is 5.93. The first kappa shape index (κ1) is 21.1. The van der Waals surface area contributed by atoms with E-state index in [1.165, 1.54) is 6.07 Å². The van der Waals surface area contributed by atoms with Crippen molar-refractivity contribution in [1.82, 2.24) is 10.2 Å². The maximum atomic E-state index is 12.9. The minimum absolute atomic E-state index is 0.0411. The van der Waals surface area contributed by atoms with E-state index in [-0.39, 0.29) is 23.1 Å². The zero-order valence-corrected chi connectivity index (χ0v) is 18.2. The predicted octanol–water partition coefficient (Wildman–Crippen LogP) is 3.99. The summed E-state index contributed by atoms with van der Waals surface area (Å²) in [5, 5.41) is 3.48. The number of likely N-dealkylation sites (tertiary alicyclic amines) is 1. The number of ether oxygens (including phenoxy) is 1. The van der Waals surface area contributed by atoms with Crippen LogP contribution in [0.15, 0.2) is 51.7 Å². The highest BCUT2D eigenvalue weighted by atomic mass is 16.5. The van der Waals surface area contributed by atoms with E-state index < -0.39 is 0 Å². The van der Waals surface area contributed by atoms with E-state index in [1.54, 1.807) is 13.2 Å². The maximum Gasteiger partial charge on any atom is 0.287 e. The van der Waals surface area contributed by atoms with Gasteiger partial charge in [-0.05, 0) is 74.7 Å². The van der Waals surface area contributed by atoms with Crippen LogP contribution in [0.25, 0.3) is 11.0 Å². The highest BCUT2D eigenvalue weighted by Gasteiger charge is 2.25. The van der Waals surface area contributed by atoms with Crippen LogP contribution in [0, 0.1) is 13.8 Å². The van der Waals surface area contributed by atoms with Crippen molar-refractivity contribution in [1.29, 1.82) is 0 Å². The fourth-order valence-electron chi connectivity index (χ4n) is 4.33. The number of aryl methyl sites for hydroxylation is 2. The van der Waals surface area contributed by atoms with Crippen molar-refractivity contribution in [3.05, 3.63) is 75.1 Å². The molecule has 0 spiro atoms. The summed E-state index contributed by atoms with van der Waals surface area (Å²) < 4.78 is 11.1. The van der Waals surface area contributed by atoms with Crippen LogP contribution < -0.4 is 15.5 Å². The summed E-state index contributed by atoms with van der Waals surface area (Å²) >= 11 is 0. The molecule has 0 aliphatic carbocycles. The van der Waals surface area contributed by atoms with Crippen LogP contribution in [0.1, 0.15) is 46.1 Å². The molecular weight excluding hydrogens is 392 g/mol. The average Bonchev–Trinajstić information content (AvgIpc) is 3.29. The van der Waals surface area contributed by atoms with Crippen LogP contribution in [0.4, 0.5) is 0 Å². The van der Waals surface area contributed by atoms with Gasteiger partial charge in [-0.2, -0.15) is 0 Å². The van der Waals surface area contributed by atoms with Crippen LogP contribution >= 0.6 is 0 Å². The molecule has 2 aromatic carbocycles. The summed E-state index contributed by atoms with van der Waals surface area (Å²) in [4.78, 5) is 27.8. The monoisotopic (exact) mass is 420 g/mol. The molecule has 1 amide bonds. The maximum absolute atomic E-state index is 12.9. The molecule has 1 aliphatic heterocycles. The number of fused-ring (bicyclic) bond motifs is 1. The molecule has 1 atom stereocenters. The van der Waals surface area contributed by atoms with Gasteiger partial charge in [-0.25, -0.2) is 0 Å². The lowest BCUT2D eigenvalue weighted by Crippen LogP contribution is -2.37. The Balaban J connectivity index is 1.56. The standard InChI is InChI=1S/C25H28N2O4/c1-16-12-17(2)24-20(13-16)22(28)14-23(31-24)25(29)26-15-21(27-10-4-5-11-27)18-6-8-19(30-3)9-7-18/h6-9,12-14,21H,4-5,10-11,15H2,1-3H3,(H,26,29)/t21-/m0/s1. The van der Waals surface area contributed by atoms with Crippen LogP contribution in [0.3, 0.4) is 0 Å². The summed E-state index contributed by atoms with van der Waals surface area (Å²) in [6, 6.07) is 13.0. The Morgan fingerprint density at radius 2 is 1.84 bits per heavy atom. The van der Waals surface area contributed by atoms with E-state index in [4.69, 9.17) is 9.15 Å². The van der Waals surface area contributed by atoms with Gasteiger partial charge in [0.2, 0.25) is 0 Å². The van der Waals surface area contributed by atoms with E-state index in [0.29, 0.717) is 17.5 Å². The SMILES string of the molecule is COc1ccc([C@H](CNC(=O)c2cc(=O)c3cc(C)cc(C)c3o2)N2CCCC2)cc1. The number of hydrogen-bond acceptors (Lipinski definition) is 5. The van der Waals surface area contributed by atoms with Gasteiger partial charge in [0.05, 0.1) is 18.5 Å². The zero-order chi connectivity index (χ0) is 22.0. The summed E-state index contributed by atoms with van der Waals surface area (Å²) in [5.41, 5.74) is 3.21. The first-order valence-corrected chi connectivity index (χ1v) is 10.7. The number of nitrogens with one attached hydrogen (secondary N) is 1. The van der Waals surface area contributed by atoms with Gasteiger partial charge in [0.25, 0.3) is 5.91 Å². The highest BCUT2D eigenvalue weighted by Crippen LogP contribution is 2.26. The second kappa shape index (κ2) is 8.94. The van der Waals surface area contributed by atoms with Crippen molar-refractivity contribution in [2.75, 3.05) is 26.7 Å². The number of amides is 1. The third-order valence-electron chi connectivity index (χ3n) is 5.92. The average molecular weight is 421 g/mol. The van der Waals surface area contributed by atoms with Crippen molar-refractivity contribution in [3.8, 4) is 5.75 Å². The number of carbonyl (C=O) groups excluding carboxylic acids is 1. The molecule has 6 heteroatoms. The summed E-state index contributed by atoms with van der Waals surface area (Å²) in [6.07, 6.45) is 2.30. The van der Waals surface area contributed by atoms with Gasteiger partial charge in [0.15, 0.2) is 11.2 Å². The lowest BCUT2D eigenvalue weighted by atomic mass is 10.0. The Bertz CT molecular complexity index is 1140. The first-order valence-electron chi connectivity index (χ1n) is 10.7. The molecule has 3 aromatic rings. The second-order valence-electron chi connectivity index (χ2n) is 8.18. The fraction of sp³-hybridized carbons (Fsp3) is 0.360. The van der Waals surface area contributed by atoms with E-state index in [9.17, 15) is 9.59 Å². The number of methoxy groups -OCH3 is 1. The molecule has 31 heavy (non-hydrogen) atoms. The summed E-state index contributed by atoms with van der Waals surface area (Å²) in [7, 11) is 1.65. The minimum atomic E-state index is -0.378. The molecule has 2 heterocycles. The van der Waals surface area contributed by atoms with E-state index >= 15 is 0 Å². The van der Waals surface area contributed by atoms with E-state index in [1.807, 2.05) is 44.2 Å². The van der Waals surface area contributed by atoms with Crippen LogP contribution in [-0.2, 0) is 0 Å². The number of hydrogen-bond donors (Lipinski definition) is 1. The minimum Gasteiger partial charge on any atom is -0.497 e. The fourth-order valence-corrected chi connectivity index (χ4v) is 4.33. The topological polar surface area (TPSA) is 71.8 Å². The van der Waals surface area contributed by atoms with Crippen molar-refractivity contribution in [2.45, 2.75) is 32.7 Å². The number of carbonyl (C=O) groups is 1. The van der Waals surface area contributed by atoms with Crippen molar-refractivity contribution < 1.29 is 13.9 Å². The Hall–Kier alpha value is -3.12. The Morgan fingerprint density at radius 1 is 1.13 bits per heavy atom.